The van der Waals surface area contributed by atoms with E-state index in [9.17, 15) is 0 Å². The molecule has 1 aromatic heterocycles. The Hall–Kier alpha value is -0.870. The highest BCUT2D eigenvalue weighted by Gasteiger charge is 2.21. The number of nitrogens with two attached hydrogens (primary N) is 1. The highest BCUT2D eigenvalue weighted by Crippen LogP contribution is 2.17. The van der Waals surface area contributed by atoms with Gasteiger partial charge >= 0.3 is 0 Å². The molecule has 0 radical (unpaired) electrons. The molecule has 1 aliphatic heterocycles. The molecule has 1 atom stereocenters. The molecule has 84 valence electrons. The summed E-state index contributed by atoms with van der Waals surface area (Å²) in [5.74, 6) is 0. The van der Waals surface area contributed by atoms with Gasteiger partial charge in [0, 0.05) is 30.9 Å². The minimum atomic E-state index is 0.677. The number of aromatic nitrogens is 2. The number of nitrogens with zero attached hydrogens (tertiary/aromatic N) is 3. The lowest BCUT2D eigenvalue weighted by Crippen LogP contribution is -2.29. The summed E-state index contributed by atoms with van der Waals surface area (Å²) in [6.07, 6.45) is 7.41. The van der Waals surface area contributed by atoms with Crippen LogP contribution in [0.5, 0.6) is 0 Å². The Morgan fingerprint density at radius 2 is 2.47 bits per heavy atom. The van der Waals surface area contributed by atoms with E-state index >= 15 is 0 Å². The van der Waals surface area contributed by atoms with Gasteiger partial charge < -0.3 is 15.2 Å². The Morgan fingerprint density at radius 3 is 3.13 bits per heavy atom. The molecule has 1 aromatic rings. The van der Waals surface area contributed by atoms with Gasteiger partial charge in [0.25, 0.3) is 0 Å². The van der Waals surface area contributed by atoms with E-state index in [2.05, 4.69) is 21.5 Å². The Labute approximate surface area is 91.1 Å². The van der Waals surface area contributed by atoms with Crippen molar-refractivity contribution < 1.29 is 0 Å². The minimum Gasteiger partial charge on any atom is -0.333 e. The first-order valence-electron chi connectivity index (χ1n) is 5.70. The van der Waals surface area contributed by atoms with Gasteiger partial charge in [-0.25, -0.2) is 4.98 Å². The maximum Gasteiger partial charge on any atom is 0.0948 e. The fourth-order valence-electron chi connectivity index (χ4n) is 2.31. The van der Waals surface area contributed by atoms with Crippen LogP contribution in [0.4, 0.5) is 0 Å². The smallest absolute Gasteiger partial charge is 0.0948 e. The fraction of sp³-hybridized carbons (Fsp3) is 0.727. The second-order valence-corrected chi connectivity index (χ2v) is 4.35. The molecule has 1 fully saturated rings. The fourth-order valence-corrected chi connectivity index (χ4v) is 2.31. The van der Waals surface area contributed by atoms with Crippen LogP contribution in [0.15, 0.2) is 12.5 Å². The van der Waals surface area contributed by atoms with Crippen molar-refractivity contribution in [1.29, 1.82) is 0 Å². The number of imidazole rings is 1. The van der Waals surface area contributed by atoms with Crippen molar-refractivity contribution in [2.45, 2.75) is 31.8 Å². The minimum absolute atomic E-state index is 0.677. The van der Waals surface area contributed by atoms with Gasteiger partial charge in [0.15, 0.2) is 0 Å². The molecule has 1 unspecified atom stereocenters. The second kappa shape index (κ2) is 4.77. The maximum atomic E-state index is 5.57. The molecule has 15 heavy (non-hydrogen) atoms. The summed E-state index contributed by atoms with van der Waals surface area (Å²) in [6.45, 7) is 2.99. The first-order valence-corrected chi connectivity index (χ1v) is 5.70. The molecule has 0 spiro atoms. The lowest BCUT2D eigenvalue weighted by Gasteiger charge is -2.20. The molecule has 4 nitrogen and oxygen atoms in total. The van der Waals surface area contributed by atoms with Gasteiger partial charge in [0.05, 0.1) is 6.33 Å². The average molecular weight is 208 g/mol. The van der Waals surface area contributed by atoms with Gasteiger partial charge in [-0.1, -0.05) is 0 Å². The molecule has 0 saturated carbocycles. The first kappa shape index (κ1) is 10.6. The van der Waals surface area contributed by atoms with Crippen LogP contribution in [0.3, 0.4) is 0 Å². The molecule has 1 saturated heterocycles. The monoisotopic (exact) mass is 208 g/mol. The summed E-state index contributed by atoms with van der Waals surface area (Å²) in [5, 5.41) is 0. The van der Waals surface area contributed by atoms with Crippen LogP contribution >= 0.6 is 0 Å². The largest absolute Gasteiger partial charge is 0.333 e. The quantitative estimate of drug-likeness (QED) is 0.783. The van der Waals surface area contributed by atoms with Crippen molar-refractivity contribution in [2.24, 2.45) is 5.73 Å². The standard InChI is InChI=1S/C11H20N4/c1-14-6-2-3-11(14)8-15-9-13-7-10(15)4-5-12/h7,9,11H,2-6,8,12H2,1H3. The molecule has 2 rings (SSSR count). The number of hydrogen-bond donors (Lipinski definition) is 1. The molecule has 1 aliphatic rings. The molecule has 0 amide bonds. The zero-order chi connectivity index (χ0) is 10.7. The summed E-state index contributed by atoms with van der Waals surface area (Å²) in [7, 11) is 2.21. The number of likely N-dealkylation sites (N-methyl/N-ethyl adjacent to an activating group) is 1. The number of rotatable bonds is 4. The summed E-state index contributed by atoms with van der Waals surface area (Å²) >= 11 is 0. The van der Waals surface area contributed by atoms with E-state index in [1.165, 1.54) is 25.1 Å². The number of likely N-dealkylation sites (tertiary alicyclic amines) is 1. The van der Waals surface area contributed by atoms with E-state index in [-0.39, 0.29) is 0 Å². The Kier molecular flexibility index (Phi) is 3.38. The Morgan fingerprint density at radius 1 is 1.60 bits per heavy atom. The molecular weight excluding hydrogens is 188 g/mol. The van der Waals surface area contributed by atoms with Crippen LogP contribution in [0.1, 0.15) is 18.5 Å². The van der Waals surface area contributed by atoms with Gasteiger partial charge in [-0.15, -0.1) is 0 Å². The molecule has 0 aromatic carbocycles. The van der Waals surface area contributed by atoms with Gasteiger partial charge in [0.2, 0.25) is 0 Å². The molecule has 2 heterocycles. The molecule has 0 bridgehead atoms. The lowest BCUT2D eigenvalue weighted by atomic mass is 10.2. The highest BCUT2D eigenvalue weighted by atomic mass is 15.2. The van der Waals surface area contributed by atoms with Gasteiger partial charge in [-0.2, -0.15) is 0 Å². The van der Waals surface area contributed by atoms with Crippen molar-refractivity contribution in [3.63, 3.8) is 0 Å². The van der Waals surface area contributed by atoms with Crippen molar-refractivity contribution in [3.8, 4) is 0 Å². The SMILES string of the molecule is CN1CCCC1Cn1cncc1CCN. The molecule has 0 aliphatic carbocycles. The van der Waals surface area contributed by atoms with E-state index in [0.717, 1.165) is 13.0 Å². The van der Waals surface area contributed by atoms with E-state index in [4.69, 9.17) is 5.73 Å². The van der Waals surface area contributed by atoms with E-state index in [0.29, 0.717) is 12.6 Å². The van der Waals surface area contributed by atoms with Crippen molar-refractivity contribution in [3.05, 3.63) is 18.2 Å². The van der Waals surface area contributed by atoms with Gasteiger partial charge in [-0.3, -0.25) is 0 Å². The second-order valence-electron chi connectivity index (χ2n) is 4.35. The van der Waals surface area contributed by atoms with Gasteiger partial charge in [-0.05, 0) is 33.0 Å². The summed E-state index contributed by atoms with van der Waals surface area (Å²) < 4.78 is 2.25. The predicted molar refractivity (Wildman–Crippen MR) is 60.6 cm³/mol. The zero-order valence-electron chi connectivity index (χ0n) is 9.39. The summed E-state index contributed by atoms with van der Waals surface area (Å²) in [5.41, 5.74) is 6.83. The Balaban J connectivity index is 2.00. The third kappa shape index (κ3) is 2.38. The summed E-state index contributed by atoms with van der Waals surface area (Å²) in [4.78, 5) is 6.63. The van der Waals surface area contributed by atoms with Crippen LogP contribution in [-0.2, 0) is 13.0 Å². The van der Waals surface area contributed by atoms with E-state index in [1.807, 2.05) is 12.5 Å². The van der Waals surface area contributed by atoms with Crippen LogP contribution < -0.4 is 5.73 Å². The van der Waals surface area contributed by atoms with E-state index < -0.39 is 0 Å². The normalized spacial score (nSPS) is 22.4. The highest BCUT2D eigenvalue weighted by molar-refractivity contribution is 4.99. The third-order valence-corrected chi connectivity index (χ3v) is 3.28. The lowest BCUT2D eigenvalue weighted by molar-refractivity contribution is 0.280. The molecule has 2 N–H and O–H groups in total. The van der Waals surface area contributed by atoms with Crippen LogP contribution in [0.2, 0.25) is 0 Å². The first-order chi connectivity index (χ1) is 7.31. The predicted octanol–water partition coefficient (Wildman–Crippen LogP) is 0.479. The van der Waals surface area contributed by atoms with Crippen LogP contribution in [0.25, 0.3) is 0 Å². The van der Waals surface area contributed by atoms with Crippen molar-refractivity contribution in [2.75, 3.05) is 20.1 Å². The van der Waals surface area contributed by atoms with Crippen LogP contribution in [-0.4, -0.2) is 40.6 Å². The zero-order valence-corrected chi connectivity index (χ0v) is 9.39. The molecular formula is C11H20N4. The number of hydrogen-bond acceptors (Lipinski definition) is 3. The van der Waals surface area contributed by atoms with Gasteiger partial charge in [0.1, 0.15) is 0 Å². The maximum absolute atomic E-state index is 5.57. The third-order valence-electron chi connectivity index (χ3n) is 3.28. The van der Waals surface area contributed by atoms with E-state index in [1.54, 1.807) is 0 Å². The van der Waals surface area contributed by atoms with Crippen LogP contribution in [0, 0.1) is 0 Å². The van der Waals surface area contributed by atoms with Crippen molar-refractivity contribution >= 4 is 0 Å². The topological polar surface area (TPSA) is 47.1 Å². The Bertz CT molecular complexity index is 307. The average Bonchev–Trinajstić information content (AvgIpc) is 2.80. The molecule has 4 heteroatoms. The summed E-state index contributed by atoms with van der Waals surface area (Å²) in [6, 6.07) is 0.677. The van der Waals surface area contributed by atoms with Crippen molar-refractivity contribution in [1.82, 2.24) is 14.5 Å².